The number of ketones is 2. The molecule has 88 valence electrons. The summed E-state index contributed by atoms with van der Waals surface area (Å²) in [5, 5.41) is 0. The number of hydrogen-bond acceptors (Lipinski definition) is 4. The molecule has 0 spiro atoms. The van der Waals surface area contributed by atoms with Gasteiger partial charge in [0.2, 0.25) is 5.78 Å². The van der Waals surface area contributed by atoms with Crippen molar-refractivity contribution in [2.24, 2.45) is 0 Å². The molecule has 1 aliphatic carbocycles. The van der Waals surface area contributed by atoms with Crippen LogP contribution < -0.4 is 4.74 Å². The molecule has 0 saturated carbocycles. The minimum Gasteiger partial charge on any atom is -0.434 e. The van der Waals surface area contributed by atoms with Gasteiger partial charge >= 0.3 is 0 Å². The van der Waals surface area contributed by atoms with E-state index in [-0.39, 0.29) is 23.3 Å². The molecule has 3 rings (SSSR count). The summed E-state index contributed by atoms with van der Waals surface area (Å²) in [6.07, 6.45) is 2.62. The van der Waals surface area contributed by atoms with Crippen LogP contribution in [-0.4, -0.2) is 11.6 Å². The van der Waals surface area contributed by atoms with E-state index in [0.717, 1.165) is 0 Å². The smallest absolute Gasteiger partial charge is 0.289 e. The zero-order valence-electron chi connectivity index (χ0n) is 9.25. The third-order valence-electron chi connectivity index (χ3n) is 2.63. The van der Waals surface area contributed by atoms with Gasteiger partial charge in [-0.1, -0.05) is 24.3 Å². The minimum absolute atomic E-state index is 0.0198. The van der Waals surface area contributed by atoms with Gasteiger partial charge < -0.3 is 9.15 Å². The Morgan fingerprint density at radius 3 is 2.44 bits per heavy atom. The van der Waals surface area contributed by atoms with E-state index in [0.29, 0.717) is 11.1 Å². The van der Waals surface area contributed by atoms with Gasteiger partial charge in [0, 0.05) is 23.3 Å². The summed E-state index contributed by atoms with van der Waals surface area (Å²) in [5.74, 6) is -0.399. The zero-order valence-corrected chi connectivity index (χ0v) is 9.25. The minimum atomic E-state index is -0.318. The molecule has 0 fully saturated rings. The number of rotatable bonds is 2. The van der Waals surface area contributed by atoms with Crippen molar-refractivity contribution in [1.82, 2.24) is 0 Å². The van der Waals surface area contributed by atoms with Gasteiger partial charge in [-0.2, -0.15) is 0 Å². The summed E-state index contributed by atoms with van der Waals surface area (Å²) in [4.78, 5) is 23.9. The Morgan fingerprint density at radius 1 is 0.944 bits per heavy atom. The summed E-state index contributed by atoms with van der Waals surface area (Å²) in [6, 6.07) is 9.86. The Morgan fingerprint density at radius 2 is 1.72 bits per heavy atom. The first-order valence-corrected chi connectivity index (χ1v) is 5.37. The Bertz CT molecular complexity index is 650. The van der Waals surface area contributed by atoms with Crippen LogP contribution in [0.4, 0.5) is 0 Å². The number of carbonyl (C=O) groups is 2. The normalized spacial score (nSPS) is 14.1. The first-order valence-electron chi connectivity index (χ1n) is 5.37. The van der Waals surface area contributed by atoms with E-state index in [1.54, 1.807) is 36.4 Å². The molecule has 0 N–H and O–H groups in total. The average molecular weight is 240 g/mol. The predicted molar refractivity (Wildman–Crippen MR) is 62.5 cm³/mol. The van der Waals surface area contributed by atoms with Crippen molar-refractivity contribution in [2.75, 3.05) is 0 Å². The molecule has 1 aliphatic rings. The molecule has 0 aliphatic heterocycles. The van der Waals surface area contributed by atoms with Crippen molar-refractivity contribution in [2.45, 2.75) is 0 Å². The topological polar surface area (TPSA) is 56.5 Å². The highest BCUT2D eigenvalue weighted by molar-refractivity contribution is 6.23. The molecule has 0 amide bonds. The molecule has 0 bridgehead atoms. The summed E-state index contributed by atoms with van der Waals surface area (Å²) in [6.45, 7) is 0. The monoisotopic (exact) mass is 240 g/mol. The fraction of sp³-hybridized carbons (Fsp3) is 0. The second kappa shape index (κ2) is 4.00. The van der Waals surface area contributed by atoms with E-state index in [4.69, 9.17) is 9.15 Å². The molecule has 4 nitrogen and oxygen atoms in total. The molecule has 1 aromatic carbocycles. The zero-order chi connectivity index (χ0) is 12.5. The van der Waals surface area contributed by atoms with Gasteiger partial charge in [0.05, 0.1) is 6.26 Å². The van der Waals surface area contributed by atoms with Gasteiger partial charge in [0.15, 0.2) is 11.5 Å². The van der Waals surface area contributed by atoms with E-state index in [2.05, 4.69) is 0 Å². The highest BCUT2D eigenvalue weighted by atomic mass is 16.6. The van der Waals surface area contributed by atoms with Crippen molar-refractivity contribution >= 4 is 11.6 Å². The average Bonchev–Trinajstić information content (AvgIpc) is 2.89. The van der Waals surface area contributed by atoms with Crippen molar-refractivity contribution in [3.05, 3.63) is 65.6 Å². The molecule has 2 aromatic rings. The number of hydrogen-bond donors (Lipinski definition) is 0. The van der Waals surface area contributed by atoms with Crippen LogP contribution >= 0.6 is 0 Å². The quantitative estimate of drug-likeness (QED) is 0.809. The van der Waals surface area contributed by atoms with Crippen molar-refractivity contribution in [3.63, 3.8) is 0 Å². The van der Waals surface area contributed by atoms with Gasteiger partial charge in [-0.15, -0.1) is 0 Å². The standard InChI is InChI=1S/C14H8O4/c15-11-8-12(18-13-6-3-7-17-13)14(16)10-5-2-1-4-9(10)11/h1-8H. The summed E-state index contributed by atoms with van der Waals surface area (Å²) in [5.41, 5.74) is 0.751. The highest BCUT2D eigenvalue weighted by Crippen LogP contribution is 2.23. The van der Waals surface area contributed by atoms with Gasteiger partial charge in [-0.3, -0.25) is 9.59 Å². The maximum Gasteiger partial charge on any atom is 0.289 e. The molecule has 0 radical (unpaired) electrons. The number of benzene rings is 1. The van der Waals surface area contributed by atoms with Crippen molar-refractivity contribution in [3.8, 4) is 5.95 Å². The van der Waals surface area contributed by atoms with Crippen LogP contribution in [0.15, 0.2) is 58.9 Å². The third-order valence-corrected chi connectivity index (χ3v) is 2.63. The fourth-order valence-electron chi connectivity index (χ4n) is 1.80. The lowest BCUT2D eigenvalue weighted by Crippen LogP contribution is -2.19. The number of ether oxygens (including phenoxy) is 1. The van der Waals surface area contributed by atoms with E-state index in [1.165, 1.54) is 12.3 Å². The van der Waals surface area contributed by atoms with Gasteiger partial charge in [-0.25, -0.2) is 0 Å². The van der Waals surface area contributed by atoms with E-state index >= 15 is 0 Å². The maximum absolute atomic E-state index is 12.1. The van der Waals surface area contributed by atoms with Gasteiger partial charge in [0.25, 0.3) is 5.95 Å². The Balaban J connectivity index is 1.99. The number of fused-ring (bicyclic) bond motifs is 1. The predicted octanol–water partition coefficient (Wildman–Crippen LogP) is 2.62. The molecule has 18 heavy (non-hydrogen) atoms. The van der Waals surface area contributed by atoms with Gasteiger partial charge in [-0.05, 0) is 6.07 Å². The number of carbonyl (C=O) groups excluding carboxylic acids is 2. The van der Waals surface area contributed by atoms with Crippen LogP contribution in [0.1, 0.15) is 20.7 Å². The van der Waals surface area contributed by atoms with Crippen LogP contribution in [-0.2, 0) is 0 Å². The van der Waals surface area contributed by atoms with Crippen LogP contribution in [0, 0.1) is 0 Å². The van der Waals surface area contributed by atoms with Crippen LogP contribution in [0.2, 0.25) is 0 Å². The molecule has 0 saturated heterocycles. The third kappa shape index (κ3) is 1.64. The Labute approximate surface area is 102 Å². The van der Waals surface area contributed by atoms with Crippen LogP contribution in [0.5, 0.6) is 5.95 Å². The van der Waals surface area contributed by atoms with Crippen molar-refractivity contribution in [1.29, 1.82) is 0 Å². The molecule has 0 atom stereocenters. The first-order chi connectivity index (χ1) is 8.75. The summed E-state index contributed by atoms with van der Waals surface area (Å²) >= 11 is 0. The molecule has 4 heteroatoms. The lowest BCUT2D eigenvalue weighted by Gasteiger charge is -2.13. The van der Waals surface area contributed by atoms with Gasteiger partial charge in [0.1, 0.15) is 0 Å². The molecular formula is C14H8O4. The van der Waals surface area contributed by atoms with E-state index < -0.39 is 0 Å². The van der Waals surface area contributed by atoms with E-state index in [9.17, 15) is 9.59 Å². The molecular weight excluding hydrogens is 232 g/mol. The maximum atomic E-state index is 12.1. The highest BCUT2D eigenvalue weighted by Gasteiger charge is 2.27. The molecule has 1 heterocycles. The Hall–Kier alpha value is -2.62. The summed E-state index contributed by atoms with van der Waals surface area (Å²) in [7, 11) is 0. The lowest BCUT2D eigenvalue weighted by molar-refractivity contribution is 0.0938. The lowest BCUT2D eigenvalue weighted by atomic mass is 9.94. The number of furan rings is 1. The van der Waals surface area contributed by atoms with E-state index in [1.807, 2.05) is 0 Å². The molecule has 0 unspecified atom stereocenters. The fourth-order valence-corrected chi connectivity index (χ4v) is 1.80. The largest absolute Gasteiger partial charge is 0.434 e. The summed E-state index contributed by atoms with van der Waals surface area (Å²) < 4.78 is 10.2. The van der Waals surface area contributed by atoms with Crippen LogP contribution in [0.25, 0.3) is 0 Å². The van der Waals surface area contributed by atoms with Crippen LogP contribution in [0.3, 0.4) is 0 Å². The number of allylic oxidation sites excluding steroid dienone is 2. The number of Topliss-reactive ketones (excluding diaryl/α,β-unsaturated/α-hetero) is 1. The Kier molecular flexibility index (Phi) is 2.34. The SMILES string of the molecule is O=C1C=C(Oc2ccco2)C(=O)c2ccccc21. The molecule has 1 aromatic heterocycles. The van der Waals surface area contributed by atoms with Crippen molar-refractivity contribution < 1.29 is 18.7 Å². The second-order valence-electron chi connectivity index (χ2n) is 3.78. The first kappa shape index (κ1) is 10.5. The second-order valence-corrected chi connectivity index (χ2v) is 3.78.